The molecule has 1 heterocycles. The van der Waals surface area contributed by atoms with Crippen LogP contribution in [0.3, 0.4) is 0 Å². The lowest BCUT2D eigenvalue weighted by molar-refractivity contribution is -0.0705. The van der Waals surface area contributed by atoms with Gasteiger partial charge in [-0.1, -0.05) is 70.0 Å². The Morgan fingerprint density at radius 2 is 1.82 bits per heavy atom. The smallest absolute Gasteiger partial charge is 0.270 e. The van der Waals surface area contributed by atoms with Gasteiger partial charge in [-0.05, 0) is 67.4 Å². The zero-order valence-corrected chi connectivity index (χ0v) is 24.6. The summed E-state index contributed by atoms with van der Waals surface area (Å²) in [6.45, 7) is 11.0. The molecule has 1 fully saturated rings. The molecule has 1 amide bonds. The minimum Gasteiger partial charge on any atom is -0.343 e. The average molecular weight is 564 g/mol. The third-order valence-corrected chi connectivity index (χ3v) is 7.62. The van der Waals surface area contributed by atoms with Crippen LogP contribution in [0.2, 0.25) is 5.02 Å². The number of carbonyl (C=O) groups excluding carboxylic acids is 1. The Kier molecular flexibility index (Phi) is 11.3. The number of pyridine rings is 1. The van der Waals surface area contributed by atoms with Crippen LogP contribution >= 0.6 is 11.6 Å². The van der Waals surface area contributed by atoms with E-state index in [9.17, 15) is 13.6 Å². The van der Waals surface area contributed by atoms with Crippen molar-refractivity contribution in [3.63, 3.8) is 0 Å². The van der Waals surface area contributed by atoms with Gasteiger partial charge in [-0.3, -0.25) is 4.79 Å². The maximum Gasteiger partial charge on any atom is 0.270 e. The standard InChI is InChI=1S/C28H33ClF3N3O.C3H8/c1-5-18(16-33)19-8-7-9-20(14-19)24(26(3)10-12-28(31,32)13-11-26)35-25(36)23-22(27(4,30)6-2)15-21(29)17-34-23;1-3-2/h5,7-9,14-17,24,33H,6,10-13H2,1-4H3,(H,35,36);3H2,1-2H3/b18-5+,33-16?;. The van der Waals surface area contributed by atoms with E-state index in [0.717, 1.165) is 11.1 Å². The Hall–Kier alpha value is -2.67. The maximum absolute atomic E-state index is 15.4. The minimum atomic E-state index is -2.74. The summed E-state index contributed by atoms with van der Waals surface area (Å²) in [6.07, 6.45) is 5.55. The van der Waals surface area contributed by atoms with Gasteiger partial charge in [0, 0.05) is 30.8 Å². The fourth-order valence-corrected chi connectivity index (χ4v) is 4.93. The van der Waals surface area contributed by atoms with E-state index in [0.29, 0.717) is 5.57 Å². The van der Waals surface area contributed by atoms with Gasteiger partial charge in [0.05, 0.1) is 11.1 Å². The monoisotopic (exact) mass is 563 g/mol. The average Bonchev–Trinajstić information content (AvgIpc) is 2.90. The molecule has 1 aliphatic carbocycles. The number of carbonyl (C=O) groups is 1. The van der Waals surface area contributed by atoms with E-state index in [1.807, 2.05) is 38.1 Å². The molecule has 0 radical (unpaired) electrons. The summed E-state index contributed by atoms with van der Waals surface area (Å²) in [5.74, 6) is -3.33. The molecule has 3 rings (SSSR count). The van der Waals surface area contributed by atoms with Gasteiger partial charge in [-0.25, -0.2) is 18.2 Å². The molecule has 1 aromatic carbocycles. The Labute approximate surface area is 236 Å². The molecule has 2 N–H and O–H groups in total. The van der Waals surface area contributed by atoms with Gasteiger partial charge in [0.1, 0.15) is 11.4 Å². The SMILES string of the molecule is C/C=C(\C=N)c1cccc(C(NC(=O)c2ncc(Cl)cc2C(C)(F)CC)C2(C)CCC(F)(F)CC2)c1.CCC. The zero-order chi connectivity index (χ0) is 29.4. The Balaban J connectivity index is 0.00000170. The highest BCUT2D eigenvalue weighted by Gasteiger charge is 2.46. The normalized spacial score (nSPS) is 18.7. The summed E-state index contributed by atoms with van der Waals surface area (Å²) in [6, 6.07) is 8.15. The molecule has 0 spiro atoms. The van der Waals surface area contributed by atoms with Crippen LogP contribution in [-0.4, -0.2) is 23.0 Å². The second kappa shape index (κ2) is 13.6. The molecule has 214 valence electrons. The van der Waals surface area contributed by atoms with Crippen molar-refractivity contribution in [1.82, 2.24) is 10.3 Å². The molecule has 4 nitrogen and oxygen atoms in total. The number of rotatable bonds is 8. The second-order valence-corrected chi connectivity index (χ2v) is 11.2. The molecule has 0 saturated heterocycles. The first-order valence-corrected chi connectivity index (χ1v) is 14.0. The van der Waals surface area contributed by atoms with Gasteiger partial charge in [0.15, 0.2) is 0 Å². The molecule has 1 saturated carbocycles. The number of hydrogen-bond acceptors (Lipinski definition) is 3. The summed E-state index contributed by atoms with van der Waals surface area (Å²) < 4.78 is 43.5. The van der Waals surface area contributed by atoms with Gasteiger partial charge in [-0.2, -0.15) is 0 Å². The van der Waals surface area contributed by atoms with Crippen LogP contribution in [0, 0.1) is 10.8 Å². The molecule has 0 bridgehead atoms. The lowest BCUT2D eigenvalue weighted by Gasteiger charge is -2.43. The van der Waals surface area contributed by atoms with Crippen molar-refractivity contribution in [3.8, 4) is 0 Å². The fourth-order valence-electron chi connectivity index (χ4n) is 4.77. The van der Waals surface area contributed by atoms with Gasteiger partial charge in [-0.15, -0.1) is 0 Å². The quantitative estimate of drug-likeness (QED) is 0.314. The predicted molar refractivity (Wildman–Crippen MR) is 155 cm³/mol. The molecule has 2 unspecified atom stereocenters. The van der Waals surface area contributed by atoms with Crippen molar-refractivity contribution in [2.45, 2.75) is 97.7 Å². The third kappa shape index (κ3) is 8.17. The maximum atomic E-state index is 15.4. The number of halogens is 4. The lowest BCUT2D eigenvalue weighted by atomic mass is 9.67. The molecule has 8 heteroatoms. The van der Waals surface area contributed by atoms with Crippen LogP contribution in [0.4, 0.5) is 13.2 Å². The molecule has 39 heavy (non-hydrogen) atoms. The van der Waals surface area contributed by atoms with E-state index in [-0.39, 0.29) is 48.4 Å². The predicted octanol–water partition coefficient (Wildman–Crippen LogP) is 9.49. The number of allylic oxidation sites excluding steroid dienone is 2. The third-order valence-electron chi connectivity index (χ3n) is 7.41. The first-order valence-electron chi connectivity index (χ1n) is 13.6. The molecule has 1 aromatic heterocycles. The van der Waals surface area contributed by atoms with Gasteiger partial charge < -0.3 is 10.7 Å². The highest BCUT2D eigenvalue weighted by molar-refractivity contribution is 6.30. The van der Waals surface area contributed by atoms with Gasteiger partial charge in [0.25, 0.3) is 5.91 Å². The fraction of sp³-hybridized carbons (Fsp3) is 0.516. The summed E-state index contributed by atoms with van der Waals surface area (Å²) in [5.41, 5.74) is -0.298. The van der Waals surface area contributed by atoms with Crippen LogP contribution in [-0.2, 0) is 5.67 Å². The van der Waals surface area contributed by atoms with Crippen molar-refractivity contribution < 1.29 is 18.0 Å². The summed E-state index contributed by atoms with van der Waals surface area (Å²) in [5, 5.41) is 10.9. The minimum absolute atomic E-state index is 0.0780. The topological polar surface area (TPSA) is 65.8 Å². The number of nitrogens with one attached hydrogen (secondary N) is 2. The number of aromatic nitrogens is 1. The van der Waals surface area contributed by atoms with Crippen LogP contribution < -0.4 is 5.32 Å². The molecular formula is C31H41ClF3N3O. The molecule has 1 aliphatic rings. The van der Waals surface area contributed by atoms with Crippen LogP contribution in [0.5, 0.6) is 0 Å². The molecule has 0 aliphatic heterocycles. The Morgan fingerprint density at radius 1 is 1.21 bits per heavy atom. The number of hydrogen-bond donors (Lipinski definition) is 2. The van der Waals surface area contributed by atoms with Crippen LogP contribution in [0.1, 0.15) is 113 Å². The van der Waals surface area contributed by atoms with Gasteiger partial charge in [0.2, 0.25) is 5.92 Å². The largest absolute Gasteiger partial charge is 0.343 e. The molecule has 2 aromatic rings. The van der Waals surface area contributed by atoms with Crippen LogP contribution in [0.15, 0.2) is 42.6 Å². The second-order valence-electron chi connectivity index (χ2n) is 10.7. The van der Waals surface area contributed by atoms with Crippen molar-refractivity contribution in [2.24, 2.45) is 5.41 Å². The zero-order valence-electron chi connectivity index (χ0n) is 23.8. The van der Waals surface area contributed by atoms with E-state index in [1.54, 1.807) is 13.0 Å². The Morgan fingerprint density at radius 3 is 2.36 bits per heavy atom. The highest BCUT2D eigenvalue weighted by atomic mass is 35.5. The van der Waals surface area contributed by atoms with E-state index in [1.165, 1.54) is 31.8 Å². The van der Waals surface area contributed by atoms with Crippen molar-refractivity contribution in [2.75, 3.05) is 0 Å². The van der Waals surface area contributed by atoms with Gasteiger partial charge >= 0.3 is 0 Å². The van der Waals surface area contributed by atoms with E-state index in [2.05, 4.69) is 24.1 Å². The highest BCUT2D eigenvalue weighted by Crippen LogP contribution is 2.50. The first-order chi connectivity index (χ1) is 18.3. The summed E-state index contributed by atoms with van der Waals surface area (Å²) >= 11 is 6.08. The number of benzene rings is 1. The van der Waals surface area contributed by atoms with E-state index < -0.39 is 29.0 Å². The van der Waals surface area contributed by atoms with Crippen molar-refractivity contribution in [1.29, 1.82) is 5.41 Å². The van der Waals surface area contributed by atoms with E-state index in [4.69, 9.17) is 17.0 Å². The first kappa shape index (κ1) is 32.5. The van der Waals surface area contributed by atoms with Crippen molar-refractivity contribution in [3.05, 3.63) is 70.0 Å². The van der Waals surface area contributed by atoms with Crippen LogP contribution in [0.25, 0.3) is 5.57 Å². The molecular weight excluding hydrogens is 523 g/mol. The van der Waals surface area contributed by atoms with Crippen molar-refractivity contribution >= 4 is 29.3 Å². The number of amides is 1. The number of alkyl halides is 3. The number of nitrogens with zero attached hydrogens (tertiary/aromatic N) is 1. The van der Waals surface area contributed by atoms with E-state index >= 15 is 4.39 Å². The Bertz CT molecular complexity index is 1170. The summed E-state index contributed by atoms with van der Waals surface area (Å²) in [7, 11) is 0. The molecule has 2 atom stereocenters. The summed E-state index contributed by atoms with van der Waals surface area (Å²) in [4.78, 5) is 17.7. The lowest BCUT2D eigenvalue weighted by Crippen LogP contribution is -2.44.